The summed E-state index contributed by atoms with van der Waals surface area (Å²) in [5, 5.41) is 12.4. The van der Waals surface area contributed by atoms with Crippen LogP contribution in [0.3, 0.4) is 0 Å². The molecule has 0 radical (unpaired) electrons. The normalized spacial score (nSPS) is 12.3. The largest absolute Gasteiger partial charge is 0.508 e. The van der Waals surface area contributed by atoms with E-state index in [1.54, 1.807) is 0 Å². The molecule has 0 bridgehead atoms. The highest BCUT2D eigenvalue weighted by Gasteiger charge is 2.29. The highest BCUT2D eigenvalue weighted by atomic mass is 35.5. The van der Waals surface area contributed by atoms with Crippen LogP contribution >= 0.6 is 11.6 Å². The molecule has 3 aromatic rings. The fraction of sp³-hybridized carbons (Fsp3) is 0.0952. The van der Waals surface area contributed by atoms with Crippen molar-refractivity contribution in [3.05, 3.63) is 82.9 Å². The quantitative estimate of drug-likeness (QED) is 0.652. The molecular formula is C21H16ClNO3. The summed E-state index contributed by atoms with van der Waals surface area (Å²) in [5.74, 6) is 0.0103. The van der Waals surface area contributed by atoms with Crippen molar-refractivity contribution in [2.75, 3.05) is 11.9 Å². The summed E-state index contributed by atoms with van der Waals surface area (Å²) in [4.78, 5) is 12.2. The number of phenolic OH excluding ortho intramolecular Hbond substituents is 1. The number of hydrogen-bond acceptors (Lipinski definition) is 3. The minimum absolute atomic E-state index is 0.00667. The standard InChI is InChI=1S/C21H16ClNO3/c22-19-10-9-13(24)11-20(19)23-21(25)26-12-18-16-7-3-1-5-14(16)15-6-2-4-8-17(15)18/h1-11,18,24H,12H2,(H,23,25). The van der Waals surface area contributed by atoms with Gasteiger partial charge in [-0.1, -0.05) is 60.1 Å². The van der Waals surface area contributed by atoms with Gasteiger partial charge in [0.05, 0.1) is 10.7 Å². The minimum atomic E-state index is -0.612. The van der Waals surface area contributed by atoms with Crippen molar-refractivity contribution in [1.82, 2.24) is 0 Å². The molecule has 0 spiro atoms. The minimum Gasteiger partial charge on any atom is -0.508 e. The number of aromatic hydroxyl groups is 1. The molecule has 4 rings (SSSR count). The Labute approximate surface area is 156 Å². The lowest BCUT2D eigenvalue weighted by Gasteiger charge is -2.15. The molecule has 1 amide bonds. The highest BCUT2D eigenvalue weighted by Crippen LogP contribution is 2.44. The Morgan fingerprint density at radius 3 is 2.27 bits per heavy atom. The maximum atomic E-state index is 12.2. The molecule has 2 N–H and O–H groups in total. The number of rotatable bonds is 3. The van der Waals surface area contributed by atoms with Crippen molar-refractivity contribution >= 4 is 23.4 Å². The molecule has 0 saturated heterocycles. The van der Waals surface area contributed by atoms with Crippen LogP contribution in [0.2, 0.25) is 5.02 Å². The van der Waals surface area contributed by atoms with Crippen molar-refractivity contribution in [3.8, 4) is 16.9 Å². The zero-order valence-electron chi connectivity index (χ0n) is 13.8. The first-order chi connectivity index (χ1) is 12.6. The summed E-state index contributed by atoms with van der Waals surface area (Å²) < 4.78 is 5.45. The molecular weight excluding hydrogens is 350 g/mol. The van der Waals surface area contributed by atoms with Gasteiger partial charge in [0.1, 0.15) is 12.4 Å². The van der Waals surface area contributed by atoms with E-state index >= 15 is 0 Å². The fourth-order valence-electron chi connectivity index (χ4n) is 3.35. The molecule has 3 aromatic carbocycles. The van der Waals surface area contributed by atoms with Crippen LogP contribution in [-0.4, -0.2) is 17.8 Å². The van der Waals surface area contributed by atoms with E-state index in [0.29, 0.717) is 10.7 Å². The first-order valence-corrected chi connectivity index (χ1v) is 8.62. The molecule has 0 heterocycles. The fourth-order valence-corrected chi connectivity index (χ4v) is 3.52. The molecule has 0 atom stereocenters. The van der Waals surface area contributed by atoms with Crippen LogP contribution in [-0.2, 0) is 4.74 Å². The van der Waals surface area contributed by atoms with Crippen LogP contribution in [0.1, 0.15) is 17.0 Å². The molecule has 0 aromatic heterocycles. The molecule has 26 heavy (non-hydrogen) atoms. The van der Waals surface area contributed by atoms with Crippen LogP contribution in [0, 0.1) is 0 Å². The van der Waals surface area contributed by atoms with Crippen molar-refractivity contribution in [1.29, 1.82) is 0 Å². The SMILES string of the molecule is O=C(Nc1cc(O)ccc1Cl)OCC1c2ccccc2-c2ccccc21. The number of phenols is 1. The van der Waals surface area contributed by atoms with Gasteiger partial charge >= 0.3 is 6.09 Å². The highest BCUT2D eigenvalue weighted by molar-refractivity contribution is 6.33. The van der Waals surface area contributed by atoms with Gasteiger partial charge in [0, 0.05) is 12.0 Å². The number of nitrogens with one attached hydrogen (secondary N) is 1. The molecule has 0 saturated carbocycles. The monoisotopic (exact) mass is 365 g/mol. The lowest BCUT2D eigenvalue weighted by molar-refractivity contribution is 0.158. The second-order valence-corrected chi connectivity index (χ2v) is 6.52. The lowest BCUT2D eigenvalue weighted by Crippen LogP contribution is -2.18. The van der Waals surface area contributed by atoms with E-state index in [9.17, 15) is 9.90 Å². The first kappa shape index (κ1) is 16.5. The van der Waals surface area contributed by atoms with E-state index in [1.165, 1.54) is 29.3 Å². The molecule has 5 heteroatoms. The van der Waals surface area contributed by atoms with E-state index < -0.39 is 6.09 Å². The number of halogens is 1. The molecule has 0 fully saturated rings. The Hall–Kier alpha value is -2.98. The van der Waals surface area contributed by atoms with Gasteiger partial charge in [-0.3, -0.25) is 5.32 Å². The number of carbonyl (C=O) groups is 1. The van der Waals surface area contributed by atoms with Gasteiger partial charge in [-0.25, -0.2) is 4.79 Å². The maximum Gasteiger partial charge on any atom is 0.411 e. The summed E-state index contributed by atoms with van der Waals surface area (Å²) in [5.41, 5.74) is 4.96. The molecule has 1 aliphatic rings. The molecule has 4 nitrogen and oxygen atoms in total. The van der Waals surface area contributed by atoms with Crippen molar-refractivity contribution in [2.45, 2.75) is 5.92 Å². The first-order valence-electron chi connectivity index (χ1n) is 8.24. The number of carbonyl (C=O) groups excluding carboxylic acids is 1. The second kappa shape index (κ2) is 6.73. The predicted molar refractivity (Wildman–Crippen MR) is 102 cm³/mol. The zero-order chi connectivity index (χ0) is 18.1. The van der Waals surface area contributed by atoms with Crippen LogP contribution < -0.4 is 5.32 Å². The molecule has 0 unspecified atom stereocenters. The summed E-state index contributed by atoms with van der Waals surface area (Å²) in [6.07, 6.45) is -0.612. The van der Waals surface area contributed by atoms with Crippen LogP contribution in [0.5, 0.6) is 5.75 Å². The zero-order valence-corrected chi connectivity index (χ0v) is 14.5. The van der Waals surface area contributed by atoms with Gasteiger partial charge < -0.3 is 9.84 Å². The number of ether oxygens (including phenoxy) is 1. The summed E-state index contributed by atoms with van der Waals surface area (Å²) >= 11 is 6.02. The Bertz CT molecular complexity index is 941. The smallest absolute Gasteiger partial charge is 0.411 e. The molecule has 130 valence electrons. The number of benzene rings is 3. The summed E-state index contributed by atoms with van der Waals surface area (Å²) in [6, 6.07) is 20.6. The Kier molecular flexibility index (Phi) is 4.27. The Morgan fingerprint density at radius 1 is 1.00 bits per heavy atom. The third-order valence-electron chi connectivity index (χ3n) is 4.53. The van der Waals surface area contributed by atoms with Gasteiger partial charge in [0.2, 0.25) is 0 Å². The lowest BCUT2D eigenvalue weighted by atomic mass is 9.98. The van der Waals surface area contributed by atoms with E-state index in [0.717, 1.165) is 11.1 Å². The average Bonchev–Trinajstić information content (AvgIpc) is 2.97. The maximum absolute atomic E-state index is 12.2. The average molecular weight is 366 g/mol. The van der Waals surface area contributed by atoms with Gasteiger partial charge in [-0.2, -0.15) is 0 Å². The van der Waals surface area contributed by atoms with Crippen molar-refractivity contribution in [3.63, 3.8) is 0 Å². The van der Waals surface area contributed by atoms with Gasteiger partial charge in [0.15, 0.2) is 0 Å². The molecule has 0 aliphatic heterocycles. The van der Waals surface area contributed by atoms with Crippen molar-refractivity contribution in [2.24, 2.45) is 0 Å². The predicted octanol–water partition coefficient (Wildman–Crippen LogP) is 5.41. The van der Waals surface area contributed by atoms with Crippen LogP contribution in [0.25, 0.3) is 11.1 Å². The van der Waals surface area contributed by atoms with Crippen LogP contribution in [0.15, 0.2) is 66.7 Å². The summed E-state index contributed by atoms with van der Waals surface area (Å²) in [6.45, 7) is 0.219. The van der Waals surface area contributed by atoms with Crippen LogP contribution in [0.4, 0.5) is 10.5 Å². The number of amides is 1. The third-order valence-corrected chi connectivity index (χ3v) is 4.86. The number of anilines is 1. The second-order valence-electron chi connectivity index (χ2n) is 6.11. The topological polar surface area (TPSA) is 58.6 Å². The number of fused-ring (bicyclic) bond motifs is 3. The third kappa shape index (κ3) is 3.00. The summed E-state index contributed by atoms with van der Waals surface area (Å²) in [7, 11) is 0. The Morgan fingerprint density at radius 2 is 1.62 bits per heavy atom. The van der Waals surface area contributed by atoms with Gasteiger partial charge in [-0.15, -0.1) is 0 Å². The van der Waals surface area contributed by atoms with E-state index in [1.807, 2.05) is 24.3 Å². The van der Waals surface area contributed by atoms with Crippen molar-refractivity contribution < 1.29 is 14.6 Å². The molecule has 1 aliphatic carbocycles. The van der Waals surface area contributed by atoms with E-state index in [4.69, 9.17) is 16.3 Å². The van der Waals surface area contributed by atoms with E-state index in [-0.39, 0.29) is 18.3 Å². The number of hydrogen-bond donors (Lipinski definition) is 2. The van der Waals surface area contributed by atoms with Gasteiger partial charge in [-0.05, 0) is 34.4 Å². The Balaban J connectivity index is 1.51. The van der Waals surface area contributed by atoms with E-state index in [2.05, 4.69) is 29.6 Å². The van der Waals surface area contributed by atoms with Gasteiger partial charge in [0.25, 0.3) is 0 Å².